The van der Waals surface area contributed by atoms with Crippen LogP contribution >= 0.6 is 12.4 Å². The molecule has 0 saturated carbocycles. The fourth-order valence-electron chi connectivity index (χ4n) is 2.92. The van der Waals surface area contributed by atoms with Gasteiger partial charge in [-0.15, -0.1) is 12.4 Å². The molecule has 2 heterocycles. The quantitative estimate of drug-likeness (QED) is 0.898. The Morgan fingerprint density at radius 1 is 1.29 bits per heavy atom. The molecular formula is C16H23ClN2O2. The summed E-state index contributed by atoms with van der Waals surface area (Å²) in [5.41, 5.74) is 3.31. The third-order valence-corrected chi connectivity index (χ3v) is 4.13. The van der Waals surface area contributed by atoms with Crippen molar-refractivity contribution in [3.63, 3.8) is 0 Å². The molecule has 1 unspecified atom stereocenters. The monoisotopic (exact) mass is 310 g/mol. The van der Waals surface area contributed by atoms with Gasteiger partial charge in [0.2, 0.25) is 0 Å². The molecule has 4 nitrogen and oxygen atoms in total. The Labute approximate surface area is 132 Å². The molecule has 1 aromatic carbocycles. The number of hydrogen-bond donors (Lipinski definition) is 2. The molecule has 0 radical (unpaired) electrons. The summed E-state index contributed by atoms with van der Waals surface area (Å²) in [6, 6.07) is 5.97. The van der Waals surface area contributed by atoms with Crippen LogP contribution in [-0.4, -0.2) is 25.2 Å². The molecule has 0 spiro atoms. The van der Waals surface area contributed by atoms with Gasteiger partial charge in [-0.3, -0.25) is 4.79 Å². The van der Waals surface area contributed by atoms with Crippen molar-refractivity contribution < 1.29 is 9.53 Å². The molecule has 2 aliphatic rings. The first-order chi connectivity index (χ1) is 9.83. The van der Waals surface area contributed by atoms with E-state index < -0.39 is 0 Å². The molecule has 2 aliphatic heterocycles. The molecular weight excluding hydrogens is 288 g/mol. The summed E-state index contributed by atoms with van der Waals surface area (Å²) in [6.07, 6.45) is 4.79. The molecule has 3 rings (SSSR count). The Bertz CT molecular complexity index is 487. The van der Waals surface area contributed by atoms with E-state index >= 15 is 0 Å². The molecule has 0 aromatic heterocycles. The highest BCUT2D eigenvalue weighted by Gasteiger charge is 2.15. The fourth-order valence-corrected chi connectivity index (χ4v) is 2.92. The first-order valence-corrected chi connectivity index (χ1v) is 7.55. The number of benzene rings is 1. The lowest BCUT2D eigenvalue weighted by atomic mass is 10.1. The number of rotatable bonds is 4. The molecule has 0 aliphatic carbocycles. The fraction of sp³-hybridized carbons (Fsp3) is 0.562. The summed E-state index contributed by atoms with van der Waals surface area (Å²) >= 11 is 0. The smallest absolute Gasteiger partial charge is 0.251 e. The number of nitrogens with one attached hydrogen (secondary N) is 2. The van der Waals surface area contributed by atoms with Gasteiger partial charge >= 0.3 is 0 Å². The number of carbonyl (C=O) groups is 1. The van der Waals surface area contributed by atoms with Crippen LogP contribution in [0.4, 0.5) is 0 Å². The van der Waals surface area contributed by atoms with E-state index in [9.17, 15) is 4.79 Å². The Kier molecular flexibility index (Phi) is 6.03. The van der Waals surface area contributed by atoms with E-state index in [-0.39, 0.29) is 18.3 Å². The number of hydrogen-bond acceptors (Lipinski definition) is 3. The van der Waals surface area contributed by atoms with Crippen molar-refractivity contribution in [1.82, 2.24) is 10.6 Å². The second kappa shape index (κ2) is 7.78. The molecule has 21 heavy (non-hydrogen) atoms. The predicted molar refractivity (Wildman–Crippen MR) is 84.8 cm³/mol. The Morgan fingerprint density at radius 3 is 2.95 bits per heavy atom. The second-order valence-corrected chi connectivity index (χ2v) is 5.62. The number of carbonyl (C=O) groups excluding carboxylic acids is 1. The van der Waals surface area contributed by atoms with E-state index in [1.165, 1.54) is 24.0 Å². The van der Waals surface area contributed by atoms with Crippen LogP contribution in [0.2, 0.25) is 0 Å². The third-order valence-electron chi connectivity index (χ3n) is 4.13. The molecule has 5 heteroatoms. The van der Waals surface area contributed by atoms with E-state index in [4.69, 9.17) is 4.74 Å². The normalized spacial score (nSPS) is 20.5. The van der Waals surface area contributed by atoms with Crippen LogP contribution in [0.25, 0.3) is 0 Å². The Morgan fingerprint density at radius 2 is 2.14 bits per heavy atom. The highest BCUT2D eigenvalue weighted by molar-refractivity contribution is 5.94. The molecule has 1 atom stereocenters. The number of ether oxygens (including phenoxy) is 1. The van der Waals surface area contributed by atoms with Gasteiger partial charge in [0.15, 0.2) is 0 Å². The van der Waals surface area contributed by atoms with Crippen molar-refractivity contribution in [3.8, 4) is 0 Å². The largest absolute Gasteiger partial charge is 0.378 e. The zero-order chi connectivity index (χ0) is 13.8. The van der Waals surface area contributed by atoms with Gasteiger partial charge in [0.05, 0.1) is 6.10 Å². The lowest BCUT2D eigenvalue weighted by Gasteiger charge is -2.22. The van der Waals surface area contributed by atoms with Gasteiger partial charge < -0.3 is 15.4 Å². The van der Waals surface area contributed by atoms with E-state index in [0.29, 0.717) is 12.6 Å². The van der Waals surface area contributed by atoms with E-state index in [0.717, 1.165) is 38.1 Å². The highest BCUT2D eigenvalue weighted by atomic mass is 35.5. The van der Waals surface area contributed by atoms with Crippen molar-refractivity contribution >= 4 is 18.3 Å². The highest BCUT2D eigenvalue weighted by Crippen LogP contribution is 2.17. The van der Waals surface area contributed by atoms with Gasteiger partial charge in [0.1, 0.15) is 0 Å². The lowest BCUT2D eigenvalue weighted by Crippen LogP contribution is -2.29. The molecule has 1 fully saturated rings. The summed E-state index contributed by atoms with van der Waals surface area (Å²) in [6.45, 7) is 3.35. The van der Waals surface area contributed by atoms with E-state index in [1.807, 2.05) is 12.1 Å². The van der Waals surface area contributed by atoms with Crippen LogP contribution in [0.15, 0.2) is 18.2 Å². The summed E-state index contributed by atoms with van der Waals surface area (Å²) in [5, 5.41) is 6.29. The summed E-state index contributed by atoms with van der Waals surface area (Å²) in [5.74, 6) is 0.0236. The van der Waals surface area contributed by atoms with Gasteiger partial charge in [-0.25, -0.2) is 0 Å². The van der Waals surface area contributed by atoms with Crippen molar-refractivity contribution in [2.75, 3.05) is 13.2 Å². The van der Waals surface area contributed by atoms with Crippen molar-refractivity contribution in [2.45, 2.75) is 44.9 Å². The number of amides is 1. The summed E-state index contributed by atoms with van der Waals surface area (Å²) in [4.78, 5) is 12.1. The number of fused-ring (bicyclic) bond motifs is 1. The first-order valence-electron chi connectivity index (χ1n) is 7.55. The third kappa shape index (κ3) is 4.19. The zero-order valence-corrected chi connectivity index (χ0v) is 13.0. The average molecular weight is 311 g/mol. The molecule has 116 valence electrons. The summed E-state index contributed by atoms with van der Waals surface area (Å²) in [7, 11) is 0. The van der Waals surface area contributed by atoms with Crippen molar-refractivity contribution in [2.24, 2.45) is 0 Å². The Balaban J connectivity index is 0.00000161. The zero-order valence-electron chi connectivity index (χ0n) is 12.2. The summed E-state index contributed by atoms with van der Waals surface area (Å²) < 4.78 is 5.67. The first kappa shape index (κ1) is 16.3. The molecule has 2 N–H and O–H groups in total. The van der Waals surface area contributed by atoms with Crippen LogP contribution in [-0.2, 0) is 17.8 Å². The molecule has 1 amide bonds. The minimum absolute atomic E-state index is 0. The van der Waals surface area contributed by atoms with Gasteiger partial charge in [-0.2, -0.15) is 0 Å². The van der Waals surface area contributed by atoms with Crippen molar-refractivity contribution in [3.05, 3.63) is 34.9 Å². The van der Waals surface area contributed by atoms with E-state index in [1.54, 1.807) is 0 Å². The Hall–Kier alpha value is -1.10. The van der Waals surface area contributed by atoms with Crippen molar-refractivity contribution in [1.29, 1.82) is 0 Å². The standard InChI is InChI=1S/C16H22N2O2.ClH/c19-16(18-7-6-15-3-1-2-8-20-15)12-4-5-13-10-17-11-14(13)9-12;/h4-5,9,15,17H,1-3,6-8,10-11H2,(H,18,19);1H. The maximum Gasteiger partial charge on any atom is 0.251 e. The second-order valence-electron chi connectivity index (χ2n) is 5.62. The SMILES string of the molecule is Cl.O=C(NCCC1CCCCO1)c1ccc2c(c1)CNC2. The van der Waals surface area contributed by atoms with Gasteiger partial charge in [0, 0.05) is 31.8 Å². The van der Waals surface area contributed by atoms with Crippen LogP contribution in [0, 0.1) is 0 Å². The minimum Gasteiger partial charge on any atom is -0.378 e. The molecule has 1 saturated heterocycles. The van der Waals surface area contributed by atoms with Crippen LogP contribution < -0.4 is 10.6 Å². The van der Waals surface area contributed by atoms with Gasteiger partial charge in [0.25, 0.3) is 5.91 Å². The maximum atomic E-state index is 12.1. The van der Waals surface area contributed by atoms with E-state index in [2.05, 4.69) is 16.7 Å². The predicted octanol–water partition coefficient (Wildman–Crippen LogP) is 2.40. The minimum atomic E-state index is 0. The molecule has 0 bridgehead atoms. The van der Waals surface area contributed by atoms with Gasteiger partial charge in [-0.05, 0) is 48.9 Å². The number of halogens is 1. The van der Waals surface area contributed by atoms with Crippen LogP contribution in [0.1, 0.15) is 47.2 Å². The topological polar surface area (TPSA) is 50.4 Å². The average Bonchev–Trinajstić information content (AvgIpc) is 2.95. The van der Waals surface area contributed by atoms with Gasteiger partial charge in [-0.1, -0.05) is 6.07 Å². The molecule has 1 aromatic rings. The van der Waals surface area contributed by atoms with Crippen LogP contribution in [0.5, 0.6) is 0 Å². The maximum absolute atomic E-state index is 12.1. The lowest BCUT2D eigenvalue weighted by molar-refractivity contribution is 0.0117. The van der Waals surface area contributed by atoms with Crippen LogP contribution in [0.3, 0.4) is 0 Å².